The molecule has 0 fully saturated rings. The molecule has 0 aliphatic carbocycles. The molecule has 0 saturated heterocycles. The highest BCUT2D eigenvalue weighted by Gasteiger charge is 2.08. The van der Waals surface area contributed by atoms with Crippen molar-refractivity contribution in [2.45, 2.75) is 0 Å². The average molecular weight is 799 g/mol. The van der Waals surface area contributed by atoms with E-state index in [1.54, 1.807) is 82.3 Å². The summed E-state index contributed by atoms with van der Waals surface area (Å²) in [6, 6.07) is 0. The van der Waals surface area contributed by atoms with Crippen LogP contribution in [0.15, 0.2) is 0 Å². The predicted molar refractivity (Wildman–Crippen MR) is 208 cm³/mol. The molecular weight excluding hydrogens is 757 g/mol. The summed E-state index contributed by atoms with van der Waals surface area (Å²) in [6.45, 7) is 0.364. The van der Waals surface area contributed by atoms with Crippen LogP contribution in [0.4, 0.5) is 0 Å². The van der Waals surface area contributed by atoms with Crippen LogP contribution in [-0.4, -0.2) is 145 Å². The zero-order valence-corrected chi connectivity index (χ0v) is 32.9. The standard InChI is InChI=1S/C23H42O6S12/c24-1-3-30-5-8-38-21(26)15-35-19-34-12-14-41(29)13-11-33-18-32-7-10-40-23(28)17-37-20-36-16-22(27)39-9-6-31-4-2-25/h24-25H,1-20H2. The average Bonchev–Trinajstić information content (AvgIpc) is 2.95. The molecule has 0 bridgehead atoms. The fraction of sp³-hybridized carbons (Fsp3) is 0.870. The normalized spacial score (nSPS) is 12.1. The lowest BCUT2D eigenvalue weighted by atomic mass is 10.9. The van der Waals surface area contributed by atoms with Gasteiger partial charge in [-0.1, -0.05) is 46.5 Å². The molecule has 41 heavy (non-hydrogen) atoms. The molecule has 0 amide bonds. The summed E-state index contributed by atoms with van der Waals surface area (Å²) >= 11 is 16.7. The van der Waals surface area contributed by atoms with Gasteiger partial charge >= 0.3 is 0 Å². The number of hydrogen-bond acceptors (Lipinski definition) is 17. The molecule has 2 N–H and O–H groups in total. The van der Waals surface area contributed by atoms with Crippen LogP contribution in [0.2, 0.25) is 0 Å². The number of hydrogen-bond donors (Lipinski definition) is 2. The van der Waals surface area contributed by atoms with Crippen molar-refractivity contribution in [1.82, 2.24) is 0 Å². The van der Waals surface area contributed by atoms with Gasteiger partial charge in [0.1, 0.15) is 11.5 Å². The summed E-state index contributed by atoms with van der Waals surface area (Å²) in [5.74, 6) is 11.1. The molecule has 0 aliphatic heterocycles. The summed E-state index contributed by atoms with van der Waals surface area (Å²) in [5.41, 5.74) is 0. The molecule has 0 rings (SSSR count). The summed E-state index contributed by atoms with van der Waals surface area (Å²) in [6.07, 6.45) is 0. The van der Waals surface area contributed by atoms with Gasteiger partial charge in [-0.05, 0) is 0 Å². The molecule has 0 radical (unpaired) electrons. The largest absolute Gasteiger partial charge is 0.616 e. The van der Waals surface area contributed by atoms with Crippen LogP contribution >= 0.6 is 129 Å². The third kappa shape index (κ3) is 35.8. The van der Waals surface area contributed by atoms with Crippen molar-refractivity contribution >= 4 is 156 Å². The van der Waals surface area contributed by atoms with E-state index in [-0.39, 0.29) is 28.6 Å². The van der Waals surface area contributed by atoms with Gasteiger partial charge in [0.2, 0.25) is 0 Å². The molecule has 18 heteroatoms. The topological polar surface area (TPSA) is 115 Å². The quantitative estimate of drug-likeness (QED) is 0.0541. The lowest BCUT2D eigenvalue weighted by Crippen LogP contribution is -2.14. The van der Waals surface area contributed by atoms with Crippen molar-refractivity contribution in [1.29, 1.82) is 0 Å². The minimum Gasteiger partial charge on any atom is -0.616 e. The third-order valence-electron chi connectivity index (χ3n) is 4.01. The summed E-state index contributed by atoms with van der Waals surface area (Å²) in [4.78, 5) is 35.5. The monoisotopic (exact) mass is 798 g/mol. The molecule has 0 aliphatic rings. The van der Waals surface area contributed by atoms with E-state index in [1.165, 1.54) is 35.3 Å². The first-order valence-corrected chi connectivity index (χ1v) is 26.3. The Balaban J connectivity index is 3.38. The highest BCUT2D eigenvalue weighted by atomic mass is 32.2. The van der Waals surface area contributed by atoms with Gasteiger partial charge in [-0.3, -0.25) is 14.4 Å². The Labute approximate surface area is 296 Å². The number of carbonyl (C=O) groups is 3. The van der Waals surface area contributed by atoms with Crippen molar-refractivity contribution in [3.63, 3.8) is 0 Å². The molecule has 0 spiro atoms. The maximum absolute atomic E-state index is 12.1. The van der Waals surface area contributed by atoms with Gasteiger partial charge in [-0.2, -0.15) is 35.3 Å². The molecule has 0 heterocycles. The second-order valence-corrected chi connectivity index (χ2v) is 22.3. The molecule has 0 aromatic carbocycles. The number of aliphatic hydroxyl groups excluding tert-OH is 2. The fourth-order valence-electron chi connectivity index (χ4n) is 2.24. The first-order valence-electron chi connectivity index (χ1n) is 12.6. The number of thioether (sulfide) groups is 11. The minimum atomic E-state index is -0.800. The van der Waals surface area contributed by atoms with Crippen LogP contribution in [0.25, 0.3) is 0 Å². The van der Waals surface area contributed by atoms with Crippen LogP contribution < -0.4 is 0 Å². The van der Waals surface area contributed by atoms with Crippen molar-refractivity contribution in [3.8, 4) is 0 Å². The Morgan fingerprint density at radius 1 is 0.463 bits per heavy atom. The van der Waals surface area contributed by atoms with Crippen molar-refractivity contribution in [3.05, 3.63) is 0 Å². The highest BCUT2D eigenvalue weighted by Crippen LogP contribution is 2.20. The molecule has 6 nitrogen and oxygen atoms in total. The molecule has 0 saturated carbocycles. The van der Waals surface area contributed by atoms with Crippen molar-refractivity contribution < 1.29 is 29.1 Å². The maximum Gasteiger partial charge on any atom is 0.198 e. The SMILES string of the molecule is O=C(CSCSCC[S+]([O-])CCSCSCCSC(=O)CSCSCC(=O)SCCSCCO)SCCSCCO. The van der Waals surface area contributed by atoms with Crippen LogP contribution in [-0.2, 0) is 25.6 Å². The van der Waals surface area contributed by atoms with Gasteiger partial charge in [0.25, 0.3) is 0 Å². The predicted octanol–water partition coefficient (Wildman–Crippen LogP) is 5.24. The van der Waals surface area contributed by atoms with E-state index in [0.29, 0.717) is 34.5 Å². The zero-order chi connectivity index (χ0) is 30.2. The van der Waals surface area contributed by atoms with E-state index in [2.05, 4.69) is 0 Å². The molecule has 0 aromatic heterocycles. The van der Waals surface area contributed by atoms with E-state index < -0.39 is 11.2 Å². The third-order valence-corrected chi connectivity index (χ3v) is 18.6. The van der Waals surface area contributed by atoms with Crippen molar-refractivity contribution in [2.24, 2.45) is 0 Å². The maximum atomic E-state index is 12.1. The van der Waals surface area contributed by atoms with Gasteiger partial charge in [0.15, 0.2) is 15.3 Å². The van der Waals surface area contributed by atoms with Gasteiger partial charge in [0.05, 0.1) is 30.5 Å². The molecule has 0 aromatic rings. The highest BCUT2D eigenvalue weighted by molar-refractivity contribution is 8.22. The van der Waals surface area contributed by atoms with Gasteiger partial charge in [0, 0.05) is 72.8 Å². The minimum absolute atomic E-state index is 0.175. The summed E-state index contributed by atoms with van der Waals surface area (Å²) in [5, 5.41) is 20.5. The fourth-order valence-corrected chi connectivity index (χ4v) is 14.7. The number of carbonyl (C=O) groups excluding carboxylic acids is 3. The Bertz CT molecular complexity index is 638. The van der Waals surface area contributed by atoms with E-state index >= 15 is 0 Å². The lowest BCUT2D eigenvalue weighted by Gasteiger charge is -2.10. The van der Waals surface area contributed by atoms with E-state index in [9.17, 15) is 18.9 Å². The summed E-state index contributed by atoms with van der Waals surface area (Å²) in [7, 11) is 0. The molecular formula is C23H42O6S12. The second-order valence-electron chi connectivity index (χ2n) is 7.31. The van der Waals surface area contributed by atoms with E-state index in [4.69, 9.17) is 10.2 Å². The molecule has 1 atom stereocenters. The van der Waals surface area contributed by atoms with Crippen molar-refractivity contribution in [2.75, 3.05) is 115 Å². The van der Waals surface area contributed by atoms with Crippen LogP contribution in [0, 0.1) is 0 Å². The molecule has 1 unspecified atom stereocenters. The van der Waals surface area contributed by atoms with Gasteiger partial charge < -0.3 is 14.8 Å². The Kier molecular flexibility index (Phi) is 38.6. The first-order chi connectivity index (χ1) is 20.0. The van der Waals surface area contributed by atoms with Gasteiger partial charge in [-0.25, -0.2) is 0 Å². The number of aliphatic hydroxyl groups is 2. The van der Waals surface area contributed by atoms with Crippen LogP contribution in [0.1, 0.15) is 0 Å². The Hall–Kier alpha value is 3.09. The first kappa shape index (κ1) is 44.1. The molecule has 242 valence electrons. The Morgan fingerprint density at radius 3 is 1.22 bits per heavy atom. The smallest absolute Gasteiger partial charge is 0.198 e. The lowest BCUT2D eigenvalue weighted by molar-refractivity contribution is -0.109. The van der Waals surface area contributed by atoms with Crippen LogP contribution in [0.5, 0.6) is 0 Å². The summed E-state index contributed by atoms with van der Waals surface area (Å²) < 4.78 is 12.1. The van der Waals surface area contributed by atoms with E-state index in [1.807, 2.05) is 11.8 Å². The second kappa shape index (κ2) is 35.9. The van der Waals surface area contributed by atoms with Crippen LogP contribution in [0.3, 0.4) is 0 Å². The zero-order valence-electron chi connectivity index (χ0n) is 23.1. The van der Waals surface area contributed by atoms with E-state index in [0.717, 1.165) is 67.0 Å². The Morgan fingerprint density at radius 2 is 0.805 bits per heavy atom. The number of rotatable bonds is 31. The van der Waals surface area contributed by atoms with Gasteiger partial charge in [-0.15, -0.1) is 58.8 Å².